The summed E-state index contributed by atoms with van der Waals surface area (Å²) in [6.45, 7) is -0.434. The van der Waals surface area contributed by atoms with E-state index in [1.165, 1.54) is 24.3 Å². The summed E-state index contributed by atoms with van der Waals surface area (Å²) in [5, 5.41) is 0.655. The van der Waals surface area contributed by atoms with Crippen LogP contribution < -0.4 is 5.32 Å². The van der Waals surface area contributed by atoms with Crippen LogP contribution in [0.15, 0.2) is 58.6 Å². The maximum absolute atomic E-state index is 12.7. The minimum atomic E-state index is -5.84. The van der Waals surface area contributed by atoms with Crippen molar-refractivity contribution < 1.29 is 34.8 Å². The van der Waals surface area contributed by atoms with Crippen molar-refractivity contribution in [1.29, 1.82) is 0 Å². The molecule has 7 nitrogen and oxygen atoms in total. The number of hydrogen-bond donors (Lipinski definition) is 1. The van der Waals surface area contributed by atoms with E-state index >= 15 is 0 Å². The summed E-state index contributed by atoms with van der Waals surface area (Å²) in [4.78, 5) is 15.3. The van der Waals surface area contributed by atoms with Gasteiger partial charge in [-0.05, 0) is 24.3 Å². The Morgan fingerprint density at radius 1 is 1.00 bits per heavy atom. The van der Waals surface area contributed by atoms with Gasteiger partial charge >= 0.3 is 5.51 Å². The number of nitrogens with one attached hydrogen (secondary N) is 1. The highest BCUT2D eigenvalue weighted by Gasteiger charge is 2.49. The highest BCUT2D eigenvalue weighted by atomic mass is 32.2. The van der Waals surface area contributed by atoms with Crippen LogP contribution in [-0.4, -0.2) is 45.5 Å². The highest BCUT2D eigenvalue weighted by molar-refractivity contribution is 7.92. The Balaban J connectivity index is 2.17. The minimum Gasteiger partial charge on any atom is -0.351 e. The van der Waals surface area contributed by atoms with Crippen molar-refractivity contribution in [2.75, 3.05) is 12.3 Å². The number of carbonyl (C=O) groups is 1. The maximum Gasteiger partial charge on any atom is 0.503 e. The Labute approximate surface area is 153 Å². The summed E-state index contributed by atoms with van der Waals surface area (Å²) in [6.07, 6.45) is 0.801. The van der Waals surface area contributed by atoms with Gasteiger partial charge in [0.1, 0.15) is 0 Å². The molecule has 0 aliphatic carbocycles. The van der Waals surface area contributed by atoms with Crippen molar-refractivity contribution in [2.45, 2.75) is 15.4 Å². The second kappa shape index (κ2) is 7.64. The van der Waals surface area contributed by atoms with Crippen LogP contribution in [0.3, 0.4) is 0 Å². The van der Waals surface area contributed by atoms with Gasteiger partial charge in [-0.15, -0.1) is 0 Å². The van der Waals surface area contributed by atoms with Gasteiger partial charge in [0.05, 0.1) is 16.2 Å². The fourth-order valence-electron chi connectivity index (χ4n) is 2.03. The maximum atomic E-state index is 12.7. The summed E-state index contributed by atoms with van der Waals surface area (Å²) in [6, 6.07) is 9.28. The molecular weight excluding hydrogens is 409 g/mol. The number of nitrogens with zero attached hydrogens (tertiary/aromatic N) is 1. The van der Waals surface area contributed by atoms with Crippen molar-refractivity contribution >= 4 is 25.6 Å². The molecule has 0 radical (unpaired) electrons. The molecule has 1 N–H and O–H groups in total. The molecule has 0 bridgehead atoms. The van der Waals surface area contributed by atoms with E-state index in [-0.39, 0.29) is 4.90 Å². The lowest BCUT2D eigenvalue weighted by molar-refractivity contribution is -0.0438. The van der Waals surface area contributed by atoms with Crippen molar-refractivity contribution in [3.63, 3.8) is 0 Å². The lowest BCUT2D eigenvalue weighted by Gasteiger charge is -2.12. The summed E-state index contributed by atoms with van der Waals surface area (Å²) in [7, 11) is -9.57. The van der Waals surface area contributed by atoms with Gasteiger partial charge in [-0.25, -0.2) is 21.8 Å². The van der Waals surface area contributed by atoms with Gasteiger partial charge in [0, 0.05) is 12.7 Å². The van der Waals surface area contributed by atoms with E-state index in [0.29, 0.717) is 0 Å². The number of benzene rings is 1. The van der Waals surface area contributed by atoms with Gasteiger partial charge in [0.25, 0.3) is 15.7 Å². The molecule has 0 saturated carbocycles. The molecule has 0 fully saturated rings. The van der Waals surface area contributed by atoms with E-state index in [1.54, 1.807) is 6.07 Å². The van der Waals surface area contributed by atoms with Crippen LogP contribution in [0.2, 0.25) is 0 Å². The first-order valence-corrected chi connectivity index (χ1v) is 10.4. The third kappa shape index (κ3) is 4.63. The van der Waals surface area contributed by atoms with Gasteiger partial charge in [0.2, 0.25) is 0 Å². The first-order valence-electron chi connectivity index (χ1n) is 7.29. The Morgan fingerprint density at radius 2 is 1.63 bits per heavy atom. The zero-order valence-electron chi connectivity index (χ0n) is 13.5. The molecule has 27 heavy (non-hydrogen) atoms. The third-order valence-corrected chi connectivity index (χ3v) is 6.51. The largest absolute Gasteiger partial charge is 0.503 e. The summed E-state index contributed by atoms with van der Waals surface area (Å²) < 4.78 is 85.4. The Morgan fingerprint density at radius 3 is 2.22 bits per heavy atom. The van der Waals surface area contributed by atoms with Crippen LogP contribution >= 0.6 is 0 Å². The van der Waals surface area contributed by atoms with E-state index in [9.17, 15) is 34.8 Å². The molecule has 2 aromatic rings. The van der Waals surface area contributed by atoms with E-state index < -0.39 is 54.0 Å². The molecule has 146 valence electrons. The number of hydrogen-bond acceptors (Lipinski definition) is 6. The molecule has 0 spiro atoms. The van der Waals surface area contributed by atoms with Crippen LogP contribution in [0.25, 0.3) is 0 Å². The van der Waals surface area contributed by atoms with Crippen LogP contribution in [0.5, 0.6) is 0 Å². The smallest absolute Gasteiger partial charge is 0.351 e. The van der Waals surface area contributed by atoms with Crippen LogP contribution in [0, 0.1) is 0 Å². The van der Waals surface area contributed by atoms with Gasteiger partial charge in [-0.3, -0.25) is 4.79 Å². The molecule has 1 amide bonds. The SMILES string of the molecule is O=C(NCCS(=O)(=O)c1ccccc1)c1cccnc1S(=O)(=O)C(F)(F)F. The van der Waals surface area contributed by atoms with Crippen molar-refractivity contribution in [3.8, 4) is 0 Å². The number of carbonyl (C=O) groups excluding carboxylic acids is 1. The Kier molecular flexibility index (Phi) is 5.90. The number of sulfone groups is 2. The molecule has 12 heteroatoms. The van der Waals surface area contributed by atoms with Crippen molar-refractivity contribution in [1.82, 2.24) is 10.3 Å². The average Bonchev–Trinajstić information content (AvgIpc) is 2.61. The molecule has 1 aromatic heterocycles. The summed E-state index contributed by atoms with van der Waals surface area (Å²) in [5.74, 6) is -1.71. The number of pyridine rings is 1. The first kappa shape index (κ1) is 20.8. The highest BCUT2D eigenvalue weighted by Crippen LogP contribution is 2.30. The summed E-state index contributed by atoms with van der Waals surface area (Å²) >= 11 is 0. The molecule has 1 heterocycles. The normalized spacial score (nSPS) is 12.6. The monoisotopic (exact) mass is 422 g/mol. The predicted molar refractivity (Wildman–Crippen MR) is 88.3 cm³/mol. The average molecular weight is 422 g/mol. The second-order valence-corrected chi connectivity index (χ2v) is 9.16. The van der Waals surface area contributed by atoms with Gasteiger partial charge in [-0.2, -0.15) is 13.2 Å². The van der Waals surface area contributed by atoms with Crippen LogP contribution in [-0.2, 0) is 19.7 Å². The lowest BCUT2D eigenvalue weighted by atomic mass is 10.3. The molecule has 0 saturated heterocycles. The number of alkyl halides is 3. The molecular formula is C15H13F3N2O5S2. The van der Waals surface area contributed by atoms with E-state index in [4.69, 9.17) is 0 Å². The number of rotatable bonds is 6. The van der Waals surface area contributed by atoms with E-state index in [1.807, 2.05) is 0 Å². The quantitative estimate of drug-likeness (QED) is 0.757. The zero-order chi connectivity index (χ0) is 20.3. The fraction of sp³-hybridized carbons (Fsp3) is 0.200. The van der Waals surface area contributed by atoms with Gasteiger partial charge in [0.15, 0.2) is 14.9 Å². The second-order valence-electron chi connectivity index (χ2n) is 5.19. The minimum absolute atomic E-state index is 0.0148. The molecule has 1 aromatic carbocycles. The Hall–Kier alpha value is -2.47. The van der Waals surface area contributed by atoms with Crippen LogP contribution in [0.4, 0.5) is 13.2 Å². The number of amides is 1. The lowest BCUT2D eigenvalue weighted by Crippen LogP contribution is -2.32. The molecule has 0 atom stereocenters. The molecule has 0 aliphatic rings. The summed E-state index contributed by atoms with van der Waals surface area (Å²) in [5.41, 5.74) is -6.46. The zero-order valence-corrected chi connectivity index (χ0v) is 15.1. The first-order chi connectivity index (χ1) is 12.5. The van der Waals surface area contributed by atoms with Crippen molar-refractivity contribution in [2.24, 2.45) is 0 Å². The third-order valence-electron chi connectivity index (χ3n) is 3.33. The van der Waals surface area contributed by atoms with Crippen LogP contribution in [0.1, 0.15) is 10.4 Å². The topological polar surface area (TPSA) is 110 Å². The predicted octanol–water partition coefficient (Wildman–Crippen LogP) is 1.58. The standard InChI is InChI=1S/C15H13F3N2O5S2/c16-15(17,18)27(24,25)14-12(7-4-8-20-14)13(21)19-9-10-26(22,23)11-5-2-1-3-6-11/h1-8H,9-10H2,(H,19,21). The molecule has 0 unspecified atom stereocenters. The van der Waals surface area contributed by atoms with Gasteiger partial charge in [-0.1, -0.05) is 18.2 Å². The van der Waals surface area contributed by atoms with E-state index in [2.05, 4.69) is 10.3 Å². The van der Waals surface area contributed by atoms with Crippen molar-refractivity contribution in [3.05, 3.63) is 54.2 Å². The number of aromatic nitrogens is 1. The molecule has 2 rings (SSSR count). The Bertz CT molecular complexity index is 1040. The molecule has 0 aliphatic heterocycles. The van der Waals surface area contributed by atoms with Gasteiger partial charge < -0.3 is 5.32 Å². The fourth-order valence-corrected chi connectivity index (χ4v) is 4.07. The van der Waals surface area contributed by atoms with E-state index in [0.717, 1.165) is 18.3 Å². The number of halogens is 3.